The molecule has 2 unspecified atom stereocenters. The molecule has 3 rings (SSSR count). The molecule has 0 spiro atoms. The predicted octanol–water partition coefficient (Wildman–Crippen LogP) is 7.35. The molecule has 4 N–H and O–H groups in total. The topological polar surface area (TPSA) is 195 Å². The van der Waals surface area contributed by atoms with E-state index in [1.54, 1.807) is 0 Å². The Labute approximate surface area is 426 Å². The van der Waals surface area contributed by atoms with E-state index in [-0.39, 0.29) is 50.2 Å². The number of aliphatic hydroxyl groups excluding tert-OH is 2. The largest absolute Gasteiger partial charge is 1.00 e. The van der Waals surface area contributed by atoms with Crippen LogP contribution in [-0.2, 0) is 56.0 Å². The molecule has 1 fully saturated rings. The zero-order valence-corrected chi connectivity index (χ0v) is 43.7. The molecule has 0 bridgehead atoms. The fraction of sp³-hybridized carbons (Fsp3) is 0.712. The van der Waals surface area contributed by atoms with Gasteiger partial charge >= 0.3 is 51.9 Å². The summed E-state index contributed by atoms with van der Waals surface area (Å²) in [7, 11) is -5.19. The molecule has 1 aliphatic heterocycles. The number of benzene rings is 2. The Morgan fingerprint density at radius 2 is 1.07 bits per heavy atom. The Morgan fingerprint density at radius 1 is 0.642 bits per heavy atom. The zero-order chi connectivity index (χ0) is 47.7. The van der Waals surface area contributed by atoms with Crippen molar-refractivity contribution in [2.45, 2.75) is 230 Å². The van der Waals surface area contributed by atoms with Gasteiger partial charge in [-0.25, -0.2) is 4.18 Å². The molecule has 2 aromatic carbocycles. The van der Waals surface area contributed by atoms with Gasteiger partial charge in [0.25, 0.3) is 5.91 Å². The summed E-state index contributed by atoms with van der Waals surface area (Å²) < 4.78 is 55.5. The SMILES string of the molecule is CCCCCCCCCCCCCCC(OC(=O)CCCCCCCCc1ccccc1)C(=O)N[C@H]1C(O)O[C@H](CO)[C@@H](OS(=O)(=O)O)[C@@H]1OC(=O)CCCCCCCCc1ccccc1.[H-].[Na+]. The monoisotopic (exact) mass is 970 g/mol. The molecule has 0 aliphatic carbocycles. The van der Waals surface area contributed by atoms with Gasteiger partial charge < -0.3 is 31.2 Å². The molecule has 2 aromatic rings. The van der Waals surface area contributed by atoms with Crippen LogP contribution in [0.25, 0.3) is 0 Å². The smallest absolute Gasteiger partial charge is 1.00 e. The van der Waals surface area contributed by atoms with Gasteiger partial charge in [-0.1, -0.05) is 190 Å². The molecule has 1 heterocycles. The number of hydrogen-bond donors (Lipinski definition) is 4. The van der Waals surface area contributed by atoms with Gasteiger partial charge in [-0.05, 0) is 62.5 Å². The van der Waals surface area contributed by atoms with E-state index in [1.165, 1.54) is 56.1 Å². The van der Waals surface area contributed by atoms with Gasteiger partial charge in [-0.3, -0.25) is 18.9 Å². The van der Waals surface area contributed by atoms with E-state index in [0.717, 1.165) is 103 Å². The van der Waals surface area contributed by atoms with Gasteiger partial charge in [-0.15, -0.1) is 0 Å². The molecule has 0 saturated carbocycles. The van der Waals surface area contributed by atoms with E-state index in [4.69, 9.17) is 18.4 Å². The number of amides is 1. The summed E-state index contributed by atoms with van der Waals surface area (Å²) in [4.78, 5) is 40.5. The number of ether oxygens (including phenoxy) is 3. The maximum absolute atomic E-state index is 14.0. The van der Waals surface area contributed by atoms with Crippen LogP contribution < -0.4 is 34.9 Å². The summed E-state index contributed by atoms with van der Waals surface area (Å²) in [6, 6.07) is 19.1. The van der Waals surface area contributed by atoms with Gasteiger partial charge in [0.1, 0.15) is 18.2 Å². The first kappa shape index (κ1) is 60.7. The molecule has 0 aromatic heterocycles. The van der Waals surface area contributed by atoms with E-state index in [1.807, 2.05) is 36.4 Å². The second-order valence-electron chi connectivity index (χ2n) is 18.1. The summed E-state index contributed by atoms with van der Waals surface area (Å²) in [6.07, 6.45) is 18.3. The third-order valence-electron chi connectivity index (χ3n) is 12.4. The summed E-state index contributed by atoms with van der Waals surface area (Å²) >= 11 is 0. The van der Waals surface area contributed by atoms with Crippen molar-refractivity contribution in [1.29, 1.82) is 0 Å². The minimum absolute atomic E-state index is 0. The normalized spacial score (nSPS) is 18.7. The molecular weight excluding hydrogens is 886 g/mol. The summed E-state index contributed by atoms with van der Waals surface area (Å²) in [5.41, 5.74) is 2.62. The van der Waals surface area contributed by atoms with Crippen molar-refractivity contribution in [3.63, 3.8) is 0 Å². The van der Waals surface area contributed by atoms with Crippen molar-refractivity contribution < 1.29 is 86.9 Å². The third-order valence-corrected chi connectivity index (χ3v) is 12.9. The first-order valence-corrected chi connectivity index (χ1v) is 26.7. The van der Waals surface area contributed by atoms with Gasteiger partial charge in [0.05, 0.1) is 6.61 Å². The van der Waals surface area contributed by atoms with Crippen LogP contribution in [0.5, 0.6) is 0 Å². The van der Waals surface area contributed by atoms with Crippen LogP contribution in [0.1, 0.15) is 193 Å². The number of hydrogen-bond acceptors (Lipinski definition) is 11. The van der Waals surface area contributed by atoms with Gasteiger partial charge in [0.15, 0.2) is 18.5 Å². The molecule has 13 nitrogen and oxygen atoms in total. The Kier molecular flexibility index (Phi) is 33.9. The number of aliphatic hydroxyl groups is 2. The van der Waals surface area contributed by atoms with Crippen molar-refractivity contribution in [3.05, 3.63) is 71.8 Å². The first-order chi connectivity index (χ1) is 32.0. The molecule has 1 amide bonds. The van der Waals surface area contributed by atoms with E-state index in [9.17, 15) is 37.6 Å². The van der Waals surface area contributed by atoms with Gasteiger partial charge in [0.2, 0.25) is 0 Å². The van der Waals surface area contributed by atoms with Gasteiger partial charge in [-0.2, -0.15) is 8.42 Å². The molecule has 15 heteroatoms. The van der Waals surface area contributed by atoms with Crippen LogP contribution in [-0.4, -0.2) is 84.4 Å². The van der Waals surface area contributed by atoms with Crippen LogP contribution in [0, 0.1) is 0 Å². The molecular formula is C52H84NNaO12S. The number of carbonyl (C=O) groups excluding carboxylic acids is 3. The van der Waals surface area contributed by atoms with E-state index >= 15 is 0 Å². The van der Waals surface area contributed by atoms with Crippen molar-refractivity contribution >= 4 is 28.2 Å². The van der Waals surface area contributed by atoms with Crippen LogP contribution >= 0.6 is 0 Å². The minimum Gasteiger partial charge on any atom is -1.00 e. The fourth-order valence-corrected chi connectivity index (χ4v) is 9.13. The molecule has 1 saturated heterocycles. The Bertz CT molecular complexity index is 1700. The zero-order valence-electron chi connectivity index (χ0n) is 41.9. The van der Waals surface area contributed by atoms with Crippen molar-refractivity contribution in [1.82, 2.24) is 5.32 Å². The maximum atomic E-state index is 14.0. The molecule has 1 aliphatic rings. The predicted molar refractivity (Wildman–Crippen MR) is 258 cm³/mol. The number of aryl methyl sites for hydroxylation is 2. The van der Waals surface area contributed by atoms with Gasteiger partial charge in [0, 0.05) is 12.8 Å². The van der Waals surface area contributed by atoms with Crippen molar-refractivity contribution in [2.75, 3.05) is 6.61 Å². The third kappa shape index (κ3) is 28.1. The van der Waals surface area contributed by atoms with Crippen LogP contribution in [0.15, 0.2) is 60.7 Å². The Morgan fingerprint density at radius 3 is 1.54 bits per heavy atom. The van der Waals surface area contributed by atoms with Crippen molar-refractivity contribution in [3.8, 4) is 0 Å². The molecule has 376 valence electrons. The quantitative estimate of drug-likeness (QED) is 0.0227. The van der Waals surface area contributed by atoms with Crippen LogP contribution in [0.3, 0.4) is 0 Å². The van der Waals surface area contributed by atoms with E-state index in [2.05, 4.69) is 36.5 Å². The number of unbranched alkanes of at least 4 members (excludes halogenated alkanes) is 21. The average molecular weight is 970 g/mol. The standard InChI is InChI=1S/C52H83NO12S.Na.H/c1-2-3-4-5-6-7-8-9-10-11-18-29-38-44(62-46(55)39-30-19-14-12-16-23-32-42-34-25-21-26-35-42)51(57)53-48-50(49(65-66(59,60)61)45(41-54)63-52(48)58)64-47(56)40-31-20-15-13-17-24-33-43-36-27-22-28-37-43;;/h21-22,25-28,34-37,44-45,48-50,52,54,58H,2-20,23-24,29-33,38-41H2,1H3,(H,53,57)(H,59,60,61);;/q;+1;-1/t44?,45-,48-,49-,50-,52?;;/m1../s1. The summed E-state index contributed by atoms with van der Waals surface area (Å²) in [5.74, 6) is -2.08. The first-order valence-electron chi connectivity index (χ1n) is 25.4. The molecule has 6 atom stereocenters. The molecule has 0 radical (unpaired) electrons. The van der Waals surface area contributed by atoms with E-state index < -0.39 is 71.6 Å². The average Bonchev–Trinajstić information content (AvgIpc) is 3.30. The minimum atomic E-state index is -5.19. The number of esters is 2. The fourth-order valence-electron chi connectivity index (χ4n) is 8.62. The Balaban J connectivity index is 0.0000116. The second-order valence-corrected chi connectivity index (χ2v) is 19.1. The van der Waals surface area contributed by atoms with Crippen LogP contribution in [0.2, 0.25) is 0 Å². The molecule has 67 heavy (non-hydrogen) atoms. The number of rotatable bonds is 38. The summed E-state index contributed by atoms with van der Waals surface area (Å²) in [5, 5.41) is 23.8. The van der Waals surface area contributed by atoms with Crippen molar-refractivity contribution in [2.24, 2.45) is 0 Å². The van der Waals surface area contributed by atoms with E-state index in [0.29, 0.717) is 19.3 Å². The van der Waals surface area contributed by atoms with Crippen LogP contribution in [0.4, 0.5) is 0 Å². The number of nitrogens with one attached hydrogen (secondary N) is 1. The number of carbonyl (C=O) groups is 3. The summed E-state index contributed by atoms with van der Waals surface area (Å²) in [6.45, 7) is 1.35. The Hall–Kier alpha value is -2.40. The second kappa shape index (κ2) is 37.4. The maximum Gasteiger partial charge on any atom is 1.00 e.